The second kappa shape index (κ2) is 7.90. The summed E-state index contributed by atoms with van der Waals surface area (Å²) in [5.41, 5.74) is 2.36. The number of hydrogen-bond donors (Lipinski definition) is 2. The number of amides is 1. The molecule has 0 aliphatic carbocycles. The van der Waals surface area contributed by atoms with E-state index in [1.165, 1.54) is 6.20 Å². The Labute approximate surface area is 151 Å². The van der Waals surface area contributed by atoms with Crippen molar-refractivity contribution in [3.8, 4) is 6.07 Å². The first-order chi connectivity index (χ1) is 12.7. The van der Waals surface area contributed by atoms with Crippen molar-refractivity contribution in [2.75, 3.05) is 10.6 Å². The number of anilines is 2. The molecule has 0 bridgehead atoms. The van der Waals surface area contributed by atoms with Crippen LogP contribution in [0.1, 0.15) is 34.6 Å². The SMILES string of the molecule is CC(Nc1nccc(C(=O)Nc2cccc(C#N)c2)n1)c1ccccc1. The van der Waals surface area contributed by atoms with Crippen molar-refractivity contribution < 1.29 is 4.79 Å². The van der Waals surface area contributed by atoms with E-state index >= 15 is 0 Å². The van der Waals surface area contributed by atoms with Gasteiger partial charge in [-0.15, -0.1) is 0 Å². The lowest BCUT2D eigenvalue weighted by Gasteiger charge is -2.14. The third kappa shape index (κ3) is 4.22. The van der Waals surface area contributed by atoms with Crippen LogP contribution in [0.3, 0.4) is 0 Å². The van der Waals surface area contributed by atoms with Crippen LogP contribution in [0, 0.1) is 11.3 Å². The molecule has 0 aliphatic rings. The maximum atomic E-state index is 12.4. The molecule has 1 atom stereocenters. The standard InChI is InChI=1S/C20H17N5O/c1-14(16-7-3-2-4-8-16)23-20-22-11-10-18(25-20)19(26)24-17-9-5-6-15(12-17)13-21/h2-12,14H,1H3,(H,24,26)(H,22,23,25). The van der Waals surface area contributed by atoms with E-state index in [9.17, 15) is 4.79 Å². The fourth-order valence-electron chi connectivity index (χ4n) is 2.44. The summed E-state index contributed by atoms with van der Waals surface area (Å²) in [6, 6.07) is 20.2. The van der Waals surface area contributed by atoms with E-state index in [4.69, 9.17) is 5.26 Å². The number of carbonyl (C=O) groups excluding carboxylic acids is 1. The molecule has 0 saturated heterocycles. The second-order valence-corrected chi connectivity index (χ2v) is 5.69. The highest BCUT2D eigenvalue weighted by atomic mass is 16.1. The Morgan fingerprint density at radius 2 is 1.92 bits per heavy atom. The maximum Gasteiger partial charge on any atom is 0.274 e. The monoisotopic (exact) mass is 343 g/mol. The number of benzene rings is 2. The van der Waals surface area contributed by atoms with E-state index in [0.29, 0.717) is 17.2 Å². The maximum absolute atomic E-state index is 12.4. The molecule has 3 rings (SSSR count). The van der Waals surface area contributed by atoms with Crippen molar-refractivity contribution in [3.63, 3.8) is 0 Å². The highest BCUT2D eigenvalue weighted by Crippen LogP contribution is 2.17. The number of rotatable bonds is 5. The molecule has 0 radical (unpaired) electrons. The second-order valence-electron chi connectivity index (χ2n) is 5.69. The number of hydrogen-bond acceptors (Lipinski definition) is 5. The summed E-state index contributed by atoms with van der Waals surface area (Å²) in [6.45, 7) is 2.00. The van der Waals surface area contributed by atoms with E-state index in [0.717, 1.165) is 5.56 Å². The minimum Gasteiger partial charge on any atom is -0.348 e. The summed E-state index contributed by atoms with van der Waals surface area (Å²) >= 11 is 0. The zero-order valence-electron chi connectivity index (χ0n) is 14.2. The highest BCUT2D eigenvalue weighted by molar-refractivity contribution is 6.03. The molecular weight excluding hydrogens is 326 g/mol. The molecule has 0 spiro atoms. The van der Waals surface area contributed by atoms with Crippen LogP contribution in [0.15, 0.2) is 66.9 Å². The Bertz CT molecular complexity index is 950. The smallest absolute Gasteiger partial charge is 0.274 e. The fraction of sp³-hybridized carbons (Fsp3) is 0.100. The Morgan fingerprint density at radius 1 is 1.12 bits per heavy atom. The van der Waals surface area contributed by atoms with Crippen LogP contribution in [0.2, 0.25) is 0 Å². The van der Waals surface area contributed by atoms with Crippen LogP contribution >= 0.6 is 0 Å². The molecule has 1 amide bonds. The van der Waals surface area contributed by atoms with Crippen molar-refractivity contribution >= 4 is 17.5 Å². The van der Waals surface area contributed by atoms with E-state index < -0.39 is 0 Å². The van der Waals surface area contributed by atoms with Gasteiger partial charge in [-0.05, 0) is 36.8 Å². The number of nitrogens with one attached hydrogen (secondary N) is 2. The van der Waals surface area contributed by atoms with Gasteiger partial charge < -0.3 is 10.6 Å². The van der Waals surface area contributed by atoms with Gasteiger partial charge >= 0.3 is 0 Å². The van der Waals surface area contributed by atoms with E-state index in [2.05, 4.69) is 20.6 Å². The molecule has 0 fully saturated rings. The predicted molar refractivity (Wildman–Crippen MR) is 99.6 cm³/mol. The van der Waals surface area contributed by atoms with Crippen LogP contribution in [-0.4, -0.2) is 15.9 Å². The van der Waals surface area contributed by atoms with Gasteiger partial charge in [0.2, 0.25) is 5.95 Å². The average molecular weight is 343 g/mol. The molecule has 1 heterocycles. The number of carbonyl (C=O) groups is 1. The molecule has 128 valence electrons. The zero-order chi connectivity index (χ0) is 18.4. The third-order valence-electron chi connectivity index (χ3n) is 3.78. The van der Waals surface area contributed by atoms with Crippen molar-refractivity contribution in [2.24, 2.45) is 0 Å². The minimum absolute atomic E-state index is 0.00169. The summed E-state index contributed by atoms with van der Waals surface area (Å²) in [5.74, 6) is 0.0117. The third-order valence-corrected chi connectivity index (χ3v) is 3.78. The van der Waals surface area contributed by atoms with Gasteiger partial charge in [-0.25, -0.2) is 9.97 Å². The normalized spacial score (nSPS) is 11.2. The van der Waals surface area contributed by atoms with Gasteiger partial charge in [0, 0.05) is 11.9 Å². The Kier molecular flexibility index (Phi) is 5.20. The molecule has 2 aromatic carbocycles. The summed E-state index contributed by atoms with van der Waals surface area (Å²) in [7, 11) is 0. The largest absolute Gasteiger partial charge is 0.348 e. The highest BCUT2D eigenvalue weighted by Gasteiger charge is 2.11. The zero-order valence-corrected chi connectivity index (χ0v) is 14.2. The summed E-state index contributed by atoms with van der Waals surface area (Å²) in [6.07, 6.45) is 1.54. The molecule has 1 aromatic heterocycles. The molecule has 26 heavy (non-hydrogen) atoms. The summed E-state index contributed by atoms with van der Waals surface area (Å²) in [5, 5.41) is 14.9. The Morgan fingerprint density at radius 3 is 2.69 bits per heavy atom. The van der Waals surface area contributed by atoms with E-state index in [-0.39, 0.29) is 17.6 Å². The Balaban J connectivity index is 1.72. The average Bonchev–Trinajstić information content (AvgIpc) is 2.69. The van der Waals surface area contributed by atoms with Crippen LogP contribution in [-0.2, 0) is 0 Å². The van der Waals surface area contributed by atoms with Crippen LogP contribution in [0.4, 0.5) is 11.6 Å². The summed E-state index contributed by atoms with van der Waals surface area (Å²) < 4.78 is 0. The summed E-state index contributed by atoms with van der Waals surface area (Å²) in [4.78, 5) is 20.9. The van der Waals surface area contributed by atoms with Crippen molar-refractivity contribution in [2.45, 2.75) is 13.0 Å². The van der Waals surface area contributed by atoms with E-state index in [1.807, 2.05) is 43.3 Å². The van der Waals surface area contributed by atoms with Crippen LogP contribution < -0.4 is 10.6 Å². The first kappa shape index (κ1) is 17.1. The topological polar surface area (TPSA) is 90.7 Å². The molecule has 6 heteroatoms. The molecule has 0 saturated carbocycles. The van der Waals surface area contributed by atoms with Crippen molar-refractivity contribution in [1.29, 1.82) is 5.26 Å². The molecule has 6 nitrogen and oxygen atoms in total. The molecule has 1 unspecified atom stereocenters. The predicted octanol–water partition coefficient (Wildman–Crippen LogP) is 3.77. The lowest BCUT2D eigenvalue weighted by molar-refractivity contribution is 0.102. The number of aromatic nitrogens is 2. The van der Waals surface area contributed by atoms with Crippen LogP contribution in [0.25, 0.3) is 0 Å². The van der Waals surface area contributed by atoms with E-state index in [1.54, 1.807) is 30.3 Å². The quantitative estimate of drug-likeness (QED) is 0.736. The molecular formula is C20H17N5O. The van der Waals surface area contributed by atoms with Gasteiger partial charge in [0.1, 0.15) is 5.69 Å². The molecule has 3 aromatic rings. The molecule has 0 aliphatic heterocycles. The first-order valence-corrected chi connectivity index (χ1v) is 8.12. The number of nitriles is 1. The van der Waals surface area contributed by atoms with Gasteiger partial charge in [0.25, 0.3) is 5.91 Å². The van der Waals surface area contributed by atoms with Gasteiger partial charge in [0.15, 0.2) is 0 Å². The first-order valence-electron chi connectivity index (χ1n) is 8.12. The van der Waals surface area contributed by atoms with Crippen LogP contribution in [0.5, 0.6) is 0 Å². The van der Waals surface area contributed by atoms with Gasteiger partial charge in [-0.3, -0.25) is 4.79 Å². The lowest BCUT2D eigenvalue weighted by atomic mass is 10.1. The Hall–Kier alpha value is -3.72. The van der Waals surface area contributed by atoms with Gasteiger partial charge in [-0.1, -0.05) is 36.4 Å². The van der Waals surface area contributed by atoms with Gasteiger partial charge in [-0.2, -0.15) is 5.26 Å². The number of nitrogens with zero attached hydrogens (tertiary/aromatic N) is 3. The fourth-order valence-corrected chi connectivity index (χ4v) is 2.44. The molecule has 2 N–H and O–H groups in total. The van der Waals surface area contributed by atoms with Crippen molar-refractivity contribution in [1.82, 2.24) is 9.97 Å². The lowest BCUT2D eigenvalue weighted by Crippen LogP contribution is -2.16. The minimum atomic E-state index is -0.363. The van der Waals surface area contributed by atoms with Crippen molar-refractivity contribution in [3.05, 3.63) is 83.7 Å². The van der Waals surface area contributed by atoms with Gasteiger partial charge in [0.05, 0.1) is 17.7 Å².